The summed E-state index contributed by atoms with van der Waals surface area (Å²) in [7, 11) is -1.73. The van der Waals surface area contributed by atoms with Crippen LogP contribution < -0.4 is 9.47 Å². The van der Waals surface area contributed by atoms with E-state index in [2.05, 4.69) is 0 Å². The highest BCUT2D eigenvalue weighted by Gasteiger charge is 2.26. The van der Waals surface area contributed by atoms with E-state index in [4.69, 9.17) is 9.47 Å². The van der Waals surface area contributed by atoms with Crippen LogP contribution in [-0.4, -0.2) is 22.1 Å². The average Bonchev–Trinajstić information content (AvgIpc) is 2.77. The summed E-state index contributed by atoms with van der Waals surface area (Å²) in [5, 5.41) is 1.28. The number of ether oxygens (including phenoxy) is 2. The summed E-state index contributed by atoms with van der Waals surface area (Å²) in [6.45, 7) is 0.211. The number of sulfone groups is 1. The summed E-state index contributed by atoms with van der Waals surface area (Å²) in [6, 6.07) is 14.1. The van der Waals surface area contributed by atoms with Crippen molar-refractivity contribution < 1.29 is 17.9 Å². The van der Waals surface area contributed by atoms with Gasteiger partial charge in [-0.05, 0) is 30.3 Å². The quantitative estimate of drug-likeness (QED) is 0.871. The number of hydrogen-bond acceptors (Lipinski definition) is 4. The zero-order valence-corrected chi connectivity index (χ0v) is 12.3. The van der Waals surface area contributed by atoms with Gasteiger partial charge in [0.2, 0.25) is 9.84 Å². The minimum atomic E-state index is -3.33. The Balaban J connectivity index is 1.80. The van der Waals surface area contributed by atoms with Crippen molar-refractivity contribution in [2.45, 2.75) is 4.90 Å². The summed E-state index contributed by atoms with van der Waals surface area (Å²) in [5.41, 5.74) is 1.38. The van der Waals surface area contributed by atoms with Crippen LogP contribution in [0.1, 0.15) is 5.56 Å². The third-order valence-corrected chi connectivity index (χ3v) is 4.85. The highest BCUT2D eigenvalue weighted by Crippen LogP contribution is 2.33. The Morgan fingerprint density at radius 3 is 2.33 bits per heavy atom. The molecule has 0 bridgehead atoms. The van der Waals surface area contributed by atoms with Crippen LogP contribution in [0.5, 0.6) is 11.5 Å². The van der Waals surface area contributed by atoms with Gasteiger partial charge >= 0.3 is 0 Å². The maximum atomic E-state index is 12.0. The molecule has 1 aliphatic rings. The van der Waals surface area contributed by atoms with Crippen molar-refractivity contribution in [3.8, 4) is 11.5 Å². The van der Waals surface area contributed by atoms with Crippen LogP contribution in [0.25, 0.3) is 5.57 Å². The van der Waals surface area contributed by atoms with Crippen molar-refractivity contribution in [2.24, 2.45) is 0 Å². The van der Waals surface area contributed by atoms with Gasteiger partial charge in [-0.3, -0.25) is 0 Å². The fourth-order valence-corrected chi connectivity index (χ4v) is 3.71. The third kappa shape index (κ3) is 2.64. The molecule has 108 valence electrons. The van der Waals surface area contributed by atoms with Crippen LogP contribution >= 0.6 is 0 Å². The molecule has 2 aromatic carbocycles. The van der Waals surface area contributed by atoms with E-state index in [1.807, 2.05) is 6.07 Å². The Labute approximate surface area is 123 Å². The maximum Gasteiger partial charge on any atom is 0.200 e. The van der Waals surface area contributed by atoms with Gasteiger partial charge < -0.3 is 9.47 Å². The first kappa shape index (κ1) is 13.7. The van der Waals surface area contributed by atoms with Gasteiger partial charge in [-0.1, -0.05) is 18.2 Å². The summed E-state index contributed by atoms with van der Waals surface area (Å²) in [6.07, 6.45) is 0. The second kappa shape index (κ2) is 5.26. The molecule has 21 heavy (non-hydrogen) atoms. The van der Waals surface area contributed by atoms with Gasteiger partial charge in [0, 0.05) is 16.5 Å². The van der Waals surface area contributed by atoms with Crippen molar-refractivity contribution in [3.05, 3.63) is 59.5 Å². The molecule has 4 nitrogen and oxygen atoms in total. The zero-order chi connectivity index (χ0) is 14.9. The Kier molecular flexibility index (Phi) is 3.43. The van der Waals surface area contributed by atoms with E-state index in [1.54, 1.807) is 49.6 Å². The lowest BCUT2D eigenvalue weighted by molar-refractivity contribution is 0.367. The first-order valence-electron chi connectivity index (χ1n) is 6.42. The smallest absolute Gasteiger partial charge is 0.200 e. The zero-order valence-electron chi connectivity index (χ0n) is 11.4. The van der Waals surface area contributed by atoms with Crippen molar-refractivity contribution >= 4 is 15.4 Å². The van der Waals surface area contributed by atoms with E-state index in [0.717, 1.165) is 5.75 Å². The van der Waals surface area contributed by atoms with Crippen LogP contribution in [0, 0.1) is 0 Å². The molecule has 3 rings (SSSR count). The maximum absolute atomic E-state index is 12.0. The van der Waals surface area contributed by atoms with Gasteiger partial charge in [-0.2, -0.15) is 0 Å². The highest BCUT2D eigenvalue weighted by atomic mass is 32.2. The molecule has 0 N–H and O–H groups in total. The van der Waals surface area contributed by atoms with Gasteiger partial charge in [0.15, 0.2) is 0 Å². The van der Waals surface area contributed by atoms with Crippen LogP contribution in [0.4, 0.5) is 0 Å². The Hall–Kier alpha value is -2.27. The molecule has 2 aromatic rings. The molecular formula is C16H14O4S. The molecule has 0 saturated carbocycles. The second-order valence-electron chi connectivity index (χ2n) is 4.65. The fraction of sp³-hybridized carbons (Fsp3) is 0.125. The molecule has 5 heteroatoms. The predicted molar refractivity (Wildman–Crippen MR) is 80.1 cm³/mol. The van der Waals surface area contributed by atoms with Crippen LogP contribution in [0.3, 0.4) is 0 Å². The third-order valence-electron chi connectivity index (χ3n) is 3.29. The highest BCUT2D eigenvalue weighted by molar-refractivity contribution is 7.95. The lowest BCUT2D eigenvalue weighted by atomic mass is 10.1. The van der Waals surface area contributed by atoms with Gasteiger partial charge in [0.25, 0.3) is 0 Å². The number of fused-ring (bicyclic) bond motifs is 1. The summed E-state index contributed by atoms with van der Waals surface area (Å²) < 4.78 is 34.7. The Bertz CT molecular complexity index is 789. The van der Waals surface area contributed by atoms with Gasteiger partial charge in [-0.25, -0.2) is 8.42 Å². The minimum Gasteiger partial charge on any atom is -0.497 e. The number of benzene rings is 2. The SMILES string of the molecule is COc1ccc(OCC2=CS(=O)(=O)c3ccccc32)cc1. The van der Waals surface area contributed by atoms with Gasteiger partial charge in [-0.15, -0.1) is 0 Å². The Morgan fingerprint density at radius 2 is 1.62 bits per heavy atom. The first-order chi connectivity index (χ1) is 10.1. The number of methoxy groups -OCH3 is 1. The molecule has 0 fully saturated rings. The average molecular weight is 302 g/mol. The molecule has 1 aliphatic heterocycles. The van der Waals surface area contributed by atoms with Crippen molar-refractivity contribution in [1.29, 1.82) is 0 Å². The predicted octanol–water partition coefficient (Wildman–Crippen LogP) is 2.90. The first-order valence-corrected chi connectivity index (χ1v) is 7.97. The summed E-state index contributed by atoms with van der Waals surface area (Å²) in [4.78, 5) is 0.346. The summed E-state index contributed by atoms with van der Waals surface area (Å²) in [5.74, 6) is 1.41. The van der Waals surface area contributed by atoms with E-state index in [1.165, 1.54) is 5.41 Å². The number of hydrogen-bond donors (Lipinski definition) is 0. The monoisotopic (exact) mass is 302 g/mol. The molecule has 0 aliphatic carbocycles. The van der Waals surface area contributed by atoms with Crippen LogP contribution in [0.15, 0.2) is 58.8 Å². The molecule has 0 spiro atoms. The molecular weight excluding hydrogens is 288 g/mol. The van der Waals surface area contributed by atoms with Crippen LogP contribution in [0.2, 0.25) is 0 Å². The van der Waals surface area contributed by atoms with E-state index in [9.17, 15) is 8.42 Å². The molecule has 0 amide bonds. The van der Waals surface area contributed by atoms with Crippen molar-refractivity contribution in [2.75, 3.05) is 13.7 Å². The second-order valence-corrected chi connectivity index (χ2v) is 6.41. The largest absolute Gasteiger partial charge is 0.497 e. The molecule has 0 atom stereocenters. The van der Waals surface area contributed by atoms with Crippen LogP contribution in [-0.2, 0) is 9.84 Å². The van der Waals surface area contributed by atoms with Crippen molar-refractivity contribution in [1.82, 2.24) is 0 Å². The van der Waals surface area contributed by atoms with E-state index >= 15 is 0 Å². The standard InChI is InChI=1S/C16H14O4S/c1-19-13-6-8-14(9-7-13)20-10-12-11-21(17,18)16-5-3-2-4-15(12)16/h2-9,11H,10H2,1H3. The molecule has 1 heterocycles. The summed E-state index contributed by atoms with van der Waals surface area (Å²) >= 11 is 0. The lowest BCUT2D eigenvalue weighted by Gasteiger charge is -2.08. The van der Waals surface area contributed by atoms with E-state index in [0.29, 0.717) is 21.8 Å². The van der Waals surface area contributed by atoms with Crippen molar-refractivity contribution in [3.63, 3.8) is 0 Å². The topological polar surface area (TPSA) is 52.6 Å². The Morgan fingerprint density at radius 1 is 0.952 bits per heavy atom. The van der Waals surface area contributed by atoms with E-state index < -0.39 is 9.84 Å². The lowest BCUT2D eigenvalue weighted by Crippen LogP contribution is -1.99. The fourth-order valence-electron chi connectivity index (χ4n) is 2.24. The van der Waals surface area contributed by atoms with Gasteiger partial charge in [0.1, 0.15) is 18.1 Å². The minimum absolute atomic E-state index is 0.211. The van der Waals surface area contributed by atoms with E-state index in [-0.39, 0.29) is 6.61 Å². The molecule has 0 aromatic heterocycles. The normalized spacial score (nSPS) is 15.2. The number of rotatable bonds is 4. The van der Waals surface area contributed by atoms with Gasteiger partial charge in [0.05, 0.1) is 12.0 Å². The molecule has 0 saturated heterocycles. The molecule has 0 radical (unpaired) electrons. The molecule has 0 unspecified atom stereocenters.